The van der Waals surface area contributed by atoms with Crippen LogP contribution in [0.3, 0.4) is 0 Å². The Morgan fingerprint density at radius 2 is 1.85 bits per heavy atom. The molecule has 0 bridgehead atoms. The number of carbonyl (C=O) groups is 2. The van der Waals surface area contributed by atoms with Gasteiger partial charge in [0.1, 0.15) is 0 Å². The van der Waals surface area contributed by atoms with E-state index in [1.165, 1.54) is 7.11 Å². The molecule has 0 heterocycles. The number of unbranched alkanes of at least 4 members (excludes halogenated alkanes) is 1. The molecular formula is C16H23NO3. The van der Waals surface area contributed by atoms with Crippen LogP contribution >= 0.6 is 0 Å². The molecule has 1 amide bonds. The number of esters is 1. The predicted molar refractivity (Wildman–Crippen MR) is 79.7 cm³/mol. The van der Waals surface area contributed by atoms with Crippen molar-refractivity contribution in [1.82, 2.24) is 0 Å². The van der Waals surface area contributed by atoms with Crippen LogP contribution in [0, 0.1) is 5.92 Å². The van der Waals surface area contributed by atoms with Crippen LogP contribution in [0.2, 0.25) is 0 Å². The SMILES string of the molecule is CCCC[C@@H](CC)C(=O)Nc1ccc(C(=O)OC)cc1. The summed E-state index contributed by atoms with van der Waals surface area (Å²) in [4.78, 5) is 23.4. The number of nitrogens with one attached hydrogen (secondary N) is 1. The normalized spacial score (nSPS) is 11.8. The van der Waals surface area contributed by atoms with Gasteiger partial charge in [0.05, 0.1) is 12.7 Å². The maximum absolute atomic E-state index is 12.1. The van der Waals surface area contributed by atoms with Crippen molar-refractivity contribution in [3.05, 3.63) is 29.8 Å². The zero-order valence-electron chi connectivity index (χ0n) is 12.4. The Morgan fingerprint density at radius 3 is 2.35 bits per heavy atom. The van der Waals surface area contributed by atoms with Crippen molar-refractivity contribution in [2.45, 2.75) is 39.5 Å². The van der Waals surface area contributed by atoms with Crippen LogP contribution in [0.1, 0.15) is 49.9 Å². The fourth-order valence-electron chi connectivity index (χ4n) is 2.02. The van der Waals surface area contributed by atoms with Gasteiger partial charge >= 0.3 is 5.97 Å². The minimum absolute atomic E-state index is 0.0479. The Balaban J connectivity index is 2.63. The summed E-state index contributed by atoms with van der Waals surface area (Å²) in [6.07, 6.45) is 3.91. The molecule has 0 unspecified atom stereocenters. The third-order valence-corrected chi connectivity index (χ3v) is 3.34. The van der Waals surface area contributed by atoms with E-state index in [0.717, 1.165) is 25.7 Å². The Labute approximate surface area is 120 Å². The Kier molecular flexibility index (Phi) is 6.77. The van der Waals surface area contributed by atoms with Gasteiger partial charge in [-0.15, -0.1) is 0 Å². The maximum atomic E-state index is 12.1. The fraction of sp³-hybridized carbons (Fsp3) is 0.500. The first kappa shape index (κ1) is 16.2. The van der Waals surface area contributed by atoms with Crippen LogP contribution in [0.5, 0.6) is 0 Å². The molecule has 1 atom stereocenters. The van der Waals surface area contributed by atoms with Gasteiger partial charge in [0.2, 0.25) is 5.91 Å². The molecule has 0 aliphatic rings. The first-order valence-electron chi connectivity index (χ1n) is 7.11. The van der Waals surface area contributed by atoms with Crippen molar-refractivity contribution in [3.8, 4) is 0 Å². The first-order chi connectivity index (χ1) is 9.62. The fourth-order valence-corrected chi connectivity index (χ4v) is 2.02. The van der Waals surface area contributed by atoms with E-state index in [0.29, 0.717) is 11.3 Å². The van der Waals surface area contributed by atoms with Crippen LogP contribution in [0.25, 0.3) is 0 Å². The largest absolute Gasteiger partial charge is 0.465 e. The average Bonchev–Trinajstić information content (AvgIpc) is 2.48. The van der Waals surface area contributed by atoms with Crippen molar-refractivity contribution in [3.63, 3.8) is 0 Å². The lowest BCUT2D eigenvalue weighted by atomic mass is 9.98. The molecule has 1 aromatic carbocycles. The van der Waals surface area contributed by atoms with Crippen LogP contribution in [-0.2, 0) is 9.53 Å². The predicted octanol–water partition coefficient (Wildman–Crippen LogP) is 3.63. The molecule has 1 rings (SSSR count). The van der Waals surface area contributed by atoms with Gasteiger partial charge < -0.3 is 10.1 Å². The van der Waals surface area contributed by atoms with E-state index in [-0.39, 0.29) is 17.8 Å². The molecule has 0 radical (unpaired) electrons. The summed E-state index contributed by atoms with van der Waals surface area (Å²) >= 11 is 0. The zero-order chi connectivity index (χ0) is 15.0. The van der Waals surface area contributed by atoms with E-state index in [2.05, 4.69) is 17.0 Å². The van der Waals surface area contributed by atoms with Gasteiger partial charge in [0.15, 0.2) is 0 Å². The number of amides is 1. The number of rotatable bonds is 7. The minimum atomic E-state index is -0.378. The number of methoxy groups -OCH3 is 1. The number of carbonyl (C=O) groups excluding carboxylic acids is 2. The third kappa shape index (κ3) is 4.68. The summed E-state index contributed by atoms with van der Waals surface area (Å²) in [6.45, 7) is 4.15. The van der Waals surface area contributed by atoms with Crippen molar-refractivity contribution >= 4 is 17.6 Å². The molecule has 0 spiro atoms. The number of hydrogen-bond acceptors (Lipinski definition) is 3. The summed E-state index contributed by atoms with van der Waals surface area (Å²) in [5.41, 5.74) is 1.18. The van der Waals surface area contributed by atoms with Gasteiger partial charge in [0, 0.05) is 11.6 Å². The number of ether oxygens (including phenoxy) is 1. The zero-order valence-corrected chi connectivity index (χ0v) is 12.4. The standard InChI is InChI=1S/C16H23NO3/c1-4-6-7-12(5-2)15(18)17-14-10-8-13(9-11-14)16(19)20-3/h8-12H,4-7H2,1-3H3,(H,17,18)/t12-/m1/s1. The number of hydrogen-bond donors (Lipinski definition) is 1. The third-order valence-electron chi connectivity index (χ3n) is 3.34. The van der Waals surface area contributed by atoms with E-state index in [1.54, 1.807) is 24.3 Å². The van der Waals surface area contributed by atoms with Gasteiger partial charge in [-0.1, -0.05) is 26.7 Å². The molecule has 1 N–H and O–H groups in total. The van der Waals surface area contributed by atoms with Crippen LogP contribution < -0.4 is 5.32 Å². The first-order valence-corrected chi connectivity index (χ1v) is 7.11. The van der Waals surface area contributed by atoms with Crippen LogP contribution in [-0.4, -0.2) is 19.0 Å². The van der Waals surface area contributed by atoms with E-state index in [4.69, 9.17) is 0 Å². The summed E-state index contributed by atoms with van der Waals surface area (Å²) in [5, 5.41) is 2.89. The molecule has 20 heavy (non-hydrogen) atoms. The summed E-state index contributed by atoms with van der Waals surface area (Å²) in [6, 6.07) is 6.73. The van der Waals surface area contributed by atoms with Gasteiger partial charge in [0.25, 0.3) is 0 Å². The summed E-state index contributed by atoms with van der Waals surface area (Å²) < 4.78 is 4.63. The molecular weight excluding hydrogens is 254 g/mol. The van der Waals surface area contributed by atoms with Gasteiger partial charge in [-0.2, -0.15) is 0 Å². The Hall–Kier alpha value is -1.84. The molecule has 0 fully saturated rings. The second kappa shape index (κ2) is 8.35. The van der Waals surface area contributed by atoms with Gasteiger partial charge in [-0.05, 0) is 37.1 Å². The molecule has 0 saturated carbocycles. The topological polar surface area (TPSA) is 55.4 Å². The highest BCUT2D eigenvalue weighted by Crippen LogP contribution is 2.17. The maximum Gasteiger partial charge on any atom is 0.337 e. The summed E-state index contributed by atoms with van der Waals surface area (Å²) in [5.74, 6) is -0.278. The molecule has 110 valence electrons. The molecule has 0 aliphatic heterocycles. The van der Waals surface area contributed by atoms with E-state index >= 15 is 0 Å². The highest BCUT2D eigenvalue weighted by molar-refractivity contribution is 5.94. The van der Waals surface area contributed by atoms with Crippen LogP contribution in [0.4, 0.5) is 5.69 Å². The molecule has 0 saturated heterocycles. The summed E-state index contributed by atoms with van der Waals surface area (Å²) in [7, 11) is 1.34. The second-order valence-electron chi connectivity index (χ2n) is 4.81. The van der Waals surface area contributed by atoms with Crippen molar-refractivity contribution in [1.29, 1.82) is 0 Å². The Bertz CT molecular complexity index is 440. The second-order valence-corrected chi connectivity index (χ2v) is 4.81. The number of anilines is 1. The van der Waals surface area contributed by atoms with Crippen LogP contribution in [0.15, 0.2) is 24.3 Å². The minimum Gasteiger partial charge on any atom is -0.465 e. The smallest absolute Gasteiger partial charge is 0.337 e. The monoisotopic (exact) mass is 277 g/mol. The molecule has 1 aromatic rings. The van der Waals surface area contributed by atoms with E-state index in [1.807, 2.05) is 6.92 Å². The lowest BCUT2D eigenvalue weighted by molar-refractivity contribution is -0.120. The average molecular weight is 277 g/mol. The quantitative estimate of drug-likeness (QED) is 0.774. The molecule has 0 aliphatic carbocycles. The number of benzene rings is 1. The molecule has 0 aromatic heterocycles. The van der Waals surface area contributed by atoms with Crippen molar-refractivity contribution in [2.75, 3.05) is 12.4 Å². The molecule has 4 heteroatoms. The Morgan fingerprint density at radius 1 is 1.20 bits per heavy atom. The van der Waals surface area contributed by atoms with Crippen molar-refractivity contribution < 1.29 is 14.3 Å². The highest BCUT2D eigenvalue weighted by Gasteiger charge is 2.16. The molecule has 4 nitrogen and oxygen atoms in total. The lowest BCUT2D eigenvalue weighted by Gasteiger charge is -2.14. The lowest BCUT2D eigenvalue weighted by Crippen LogP contribution is -2.22. The van der Waals surface area contributed by atoms with E-state index in [9.17, 15) is 9.59 Å². The highest BCUT2D eigenvalue weighted by atomic mass is 16.5. The van der Waals surface area contributed by atoms with E-state index < -0.39 is 0 Å². The van der Waals surface area contributed by atoms with Gasteiger partial charge in [-0.25, -0.2) is 4.79 Å². The van der Waals surface area contributed by atoms with Crippen molar-refractivity contribution in [2.24, 2.45) is 5.92 Å². The van der Waals surface area contributed by atoms with Gasteiger partial charge in [-0.3, -0.25) is 4.79 Å².